The molecule has 1 aromatic heterocycles. The number of carbonyl (C=O) groups excluding carboxylic acids is 1. The normalized spacial score (nSPS) is 16.5. The summed E-state index contributed by atoms with van der Waals surface area (Å²) in [6.45, 7) is 0.452. The number of anilines is 2. The molecule has 1 N–H and O–H groups in total. The van der Waals surface area contributed by atoms with Crippen LogP contribution in [-0.2, 0) is 10.0 Å². The number of aromatic nitrogens is 1. The predicted molar refractivity (Wildman–Crippen MR) is 84.4 cm³/mol. The molecule has 1 amide bonds. The minimum Gasteiger partial charge on any atom is -0.307 e. The second-order valence-electron chi connectivity index (χ2n) is 4.96. The van der Waals surface area contributed by atoms with Gasteiger partial charge in [-0.3, -0.25) is 9.10 Å². The van der Waals surface area contributed by atoms with Crippen LogP contribution in [0.4, 0.5) is 11.5 Å². The van der Waals surface area contributed by atoms with Crippen molar-refractivity contribution in [2.24, 2.45) is 0 Å². The Morgan fingerprint density at radius 1 is 1.18 bits per heavy atom. The van der Waals surface area contributed by atoms with Gasteiger partial charge in [0.25, 0.3) is 5.91 Å². The summed E-state index contributed by atoms with van der Waals surface area (Å²) in [6, 6.07) is 11.8. The molecule has 0 unspecified atom stereocenters. The van der Waals surface area contributed by atoms with E-state index in [2.05, 4.69) is 10.3 Å². The standard InChI is InChI=1S/C15H15N3O3S/c19-15(17-14-7-1-2-8-16-14)12-5-3-6-13(11-12)18-9-4-10-22(18,20)21/h1-3,5-8,11H,4,9-10H2,(H,16,17,19). The van der Waals surface area contributed by atoms with Crippen molar-refractivity contribution in [3.63, 3.8) is 0 Å². The van der Waals surface area contributed by atoms with Crippen LogP contribution < -0.4 is 9.62 Å². The third kappa shape index (κ3) is 2.94. The van der Waals surface area contributed by atoms with Gasteiger partial charge in [0.05, 0.1) is 11.4 Å². The van der Waals surface area contributed by atoms with Crippen LogP contribution in [0.25, 0.3) is 0 Å². The van der Waals surface area contributed by atoms with E-state index in [0.29, 0.717) is 30.0 Å². The molecule has 0 spiro atoms. The first-order valence-corrected chi connectivity index (χ1v) is 8.50. The maximum atomic E-state index is 12.2. The first kappa shape index (κ1) is 14.5. The Balaban J connectivity index is 1.84. The van der Waals surface area contributed by atoms with Gasteiger partial charge in [0.15, 0.2) is 0 Å². The largest absolute Gasteiger partial charge is 0.307 e. The molecule has 0 bridgehead atoms. The van der Waals surface area contributed by atoms with Gasteiger partial charge in [-0.05, 0) is 36.8 Å². The van der Waals surface area contributed by atoms with Crippen molar-refractivity contribution in [2.75, 3.05) is 21.9 Å². The lowest BCUT2D eigenvalue weighted by Gasteiger charge is -2.17. The lowest BCUT2D eigenvalue weighted by atomic mass is 10.2. The monoisotopic (exact) mass is 317 g/mol. The number of hydrogen-bond acceptors (Lipinski definition) is 4. The fourth-order valence-corrected chi connectivity index (χ4v) is 3.91. The average Bonchev–Trinajstić information content (AvgIpc) is 2.88. The highest BCUT2D eigenvalue weighted by atomic mass is 32.2. The molecule has 3 rings (SSSR count). The summed E-state index contributed by atoms with van der Waals surface area (Å²) < 4.78 is 25.3. The molecule has 2 aromatic rings. The van der Waals surface area contributed by atoms with E-state index < -0.39 is 10.0 Å². The number of nitrogens with zero attached hydrogens (tertiary/aromatic N) is 2. The van der Waals surface area contributed by atoms with Gasteiger partial charge in [0.2, 0.25) is 10.0 Å². The maximum Gasteiger partial charge on any atom is 0.256 e. The lowest BCUT2D eigenvalue weighted by Crippen LogP contribution is -2.25. The number of nitrogens with one attached hydrogen (secondary N) is 1. The molecule has 0 aliphatic carbocycles. The van der Waals surface area contributed by atoms with E-state index in [9.17, 15) is 13.2 Å². The molecule has 2 heterocycles. The molecule has 1 fully saturated rings. The molecule has 0 radical (unpaired) electrons. The summed E-state index contributed by atoms with van der Waals surface area (Å²) in [7, 11) is -3.25. The van der Waals surface area contributed by atoms with Crippen molar-refractivity contribution < 1.29 is 13.2 Å². The Morgan fingerprint density at radius 2 is 2.05 bits per heavy atom. The van der Waals surface area contributed by atoms with Crippen LogP contribution >= 0.6 is 0 Å². The number of hydrogen-bond donors (Lipinski definition) is 1. The molecule has 114 valence electrons. The van der Waals surface area contributed by atoms with Gasteiger partial charge in [0.1, 0.15) is 5.82 Å². The van der Waals surface area contributed by atoms with Gasteiger partial charge in [-0.1, -0.05) is 12.1 Å². The molecule has 0 saturated carbocycles. The van der Waals surface area contributed by atoms with Crippen molar-refractivity contribution >= 4 is 27.4 Å². The predicted octanol–water partition coefficient (Wildman–Crippen LogP) is 1.87. The Hall–Kier alpha value is -2.41. The fraction of sp³-hybridized carbons (Fsp3) is 0.200. The van der Waals surface area contributed by atoms with Crippen LogP contribution in [0.3, 0.4) is 0 Å². The van der Waals surface area contributed by atoms with Gasteiger partial charge in [-0.2, -0.15) is 0 Å². The smallest absolute Gasteiger partial charge is 0.256 e. The molecular weight excluding hydrogens is 302 g/mol. The highest BCUT2D eigenvalue weighted by molar-refractivity contribution is 7.93. The number of amides is 1. The van der Waals surface area contributed by atoms with E-state index in [1.54, 1.807) is 48.7 Å². The SMILES string of the molecule is O=C(Nc1ccccn1)c1cccc(N2CCCS2(=O)=O)c1. The molecule has 6 nitrogen and oxygen atoms in total. The van der Waals surface area contributed by atoms with Crippen molar-refractivity contribution in [3.05, 3.63) is 54.2 Å². The second kappa shape index (κ2) is 5.76. The van der Waals surface area contributed by atoms with Crippen LogP contribution in [0.15, 0.2) is 48.7 Å². The van der Waals surface area contributed by atoms with E-state index >= 15 is 0 Å². The first-order valence-electron chi connectivity index (χ1n) is 6.89. The van der Waals surface area contributed by atoms with Gasteiger partial charge in [-0.25, -0.2) is 13.4 Å². The molecule has 1 aromatic carbocycles. The fourth-order valence-electron chi connectivity index (χ4n) is 2.36. The van der Waals surface area contributed by atoms with Gasteiger partial charge in [0, 0.05) is 18.3 Å². The summed E-state index contributed by atoms with van der Waals surface area (Å²) in [5.41, 5.74) is 0.913. The van der Waals surface area contributed by atoms with E-state index in [-0.39, 0.29) is 11.7 Å². The Bertz CT molecular complexity index is 791. The van der Waals surface area contributed by atoms with E-state index in [0.717, 1.165) is 0 Å². The number of benzene rings is 1. The number of sulfonamides is 1. The van der Waals surface area contributed by atoms with Crippen LogP contribution in [-0.4, -0.2) is 31.6 Å². The molecule has 1 saturated heterocycles. The van der Waals surface area contributed by atoms with Crippen molar-refractivity contribution in [3.8, 4) is 0 Å². The molecule has 1 aliphatic rings. The minimum atomic E-state index is -3.25. The van der Waals surface area contributed by atoms with Crippen LogP contribution in [0, 0.1) is 0 Å². The second-order valence-corrected chi connectivity index (χ2v) is 6.97. The van der Waals surface area contributed by atoms with E-state index in [1.807, 2.05) is 0 Å². The molecule has 0 atom stereocenters. The third-order valence-electron chi connectivity index (χ3n) is 3.40. The van der Waals surface area contributed by atoms with Crippen molar-refractivity contribution in [2.45, 2.75) is 6.42 Å². The van der Waals surface area contributed by atoms with Crippen molar-refractivity contribution in [1.82, 2.24) is 4.98 Å². The Labute approximate surface area is 128 Å². The maximum absolute atomic E-state index is 12.2. The molecule has 1 aliphatic heterocycles. The topological polar surface area (TPSA) is 79.4 Å². The zero-order chi connectivity index (χ0) is 15.6. The summed E-state index contributed by atoms with van der Waals surface area (Å²) in [6.07, 6.45) is 2.19. The summed E-state index contributed by atoms with van der Waals surface area (Å²) in [4.78, 5) is 16.3. The van der Waals surface area contributed by atoms with Crippen LogP contribution in [0.5, 0.6) is 0 Å². The van der Waals surface area contributed by atoms with Gasteiger partial charge >= 0.3 is 0 Å². The number of carbonyl (C=O) groups is 1. The highest BCUT2D eigenvalue weighted by Gasteiger charge is 2.28. The van der Waals surface area contributed by atoms with E-state index in [4.69, 9.17) is 0 Å². The lowest BCUT2D eigenvalue weighted by molar-refractivity contribution is 0.102. The molecule has 7 heteroatoms. The number of rotatable bonds is 3. The Morgan fingerprint density at radius 3 is 2.73 bits per heavy atom. The molecular formula is C15H15N3O3S. The van der Waals surface area contributed by atoms with Gasteiger partial charge < -0.3 is 5.32 Å². The van der Waals surface area contributed by atoms with Crippen LogP contribution in [0.1, 0.15) is 16.8 Å². The zero-order valence-corrected chi connectivity index (χ0v) is 12.6. The van der Waals surface area contributed by atoms with Gasteiger partial charge in [-0.15, -0.1) is 0 Å². The molecule has 22 heavy (non-hydrogen) atoms. The summed E-state index contributed by atoms with van der Waals surface area (Å²) in [5, 5.41) is 2.68. The summed E-state index contributed by atoms with van der Waals surface area (Å²) in [5.74, 6) is 0.279. The van der Waals surface area contributed by atoms with Crippen molar-refractivity contribution in [1.29, 1.82) is 0 Å². The third-order valence-corrected chi connectivity index (χ3v) is 5.27. The first-order chi connectivity index (χ1) is 10.6. The Kier molecular flexibility index (Phi) is 3.81. The quantitative estimate of drug-likeness (QED) is 0.937. The minimum absolute atomic E-state index is 0.150. The summed E-state index contributed by atoms with van der Waals surface area (Å²) >= 11 is 0. The van der Waals surface area contributed by atoms with E-state index in [1.165, 1.54) is 4.31 Å². The number of pyridine rings is 1. The highest BCUT2D eigenvalue weighted by Crippen LogP contribution is 2.24. The zero-order valence-electron chi connectivity index (χ0n) is 11.8. The average molecular weight is 317 g/mol. The van der Waals surface area contributed by atoms with Crippen LogP contribution in [0.2, 0.25) is 0 Å².